The van der Waals surface area contributed by atoms with Crippen LogP contribution < -0.4 is 5.32 Å². The fraction of sp³-hybridized carbons (Fsp3) is 0.571. The summed E-state index contributed by atoms with van der Waals surface area (Å²) in [6, 6.07) is 10.3. The van der Waals surface area contributed by atoms with Crippen LogP contribution in [0.2, 0.25) is 0 Å². The Balaban J connectivity index is 2.35. The van der Waals surface area contributed by atoms with Gasteiger partial charge in [0, 0.05) is 18.2 Å². The Hall–Kier alpha value is -0.870. The molecule has 1 aromatic carbocycles. The fourth-order valence-corrected chi connectivity index (χ4v) is 2.52. The highest BCUT2D eigenvalue weighted by Gasteiger charge is 2.19. The molecule has 0 heterocycles. The maximum atomic E-state index is 11.0. The number of hydrogen-bond donors (Lipinski definition) is 1. The quantitative estimate of drug-likeness (QED) is 0.770. The zero-order chi connectivity index (χ0) is 13.6. The van der Waals surface area contributed by atoms with Gasteiger partial charge >= 0.3 is 0 Å². The first-order valence-corrected chi connectivity index (χ1v) is 8.31. The maximum Gasteiger partial charge on any atom is 0.147 e. The van der Waals surface area contributed by atoms with Crippen molar-refractivity contribution in [3.8, 4) is 0 Å². The second-order valence-corrected chi connectivity index (χ2v) is 7.67. The van der Waals surface area contributed by atoms with Gasteiger partial charge in [0.2, 0.25) is 0 Å². The lowest BCUT2D eigenvalue weighted by Gasteiger charge is -2.25. The summed E-state index contributed by atoms with van der Waals surface area (Å²) in [5, 5.41) is 3.33. The Labute approximate surface area is 111 Å². The van der Waals surface area contributed by atoms with Crippen molar-refractivity contribution in [2.75, 3.05) is 25.1 Å². The molecule has 0 saturated carbocycles. The second kappa shape index (κ2) is 6.34. The van der Waals surface area contributed by atoms with Crippen LogP contribution in [0.3, 0.4) is 0 Å². The van der Waals surface area contributed by atoms with E-state index in [0.29, 0.717) is 6.42 Å². The van der Waals surface area contributed by atoms with E-state index in [0.717, 1.165) is 13.1 Å². The lowest BCUT2D eigenvalue weighted by molar-refractivity contribution is 0.469. The molecule has 0 bridgehead atoms. The molecule has 102 valence electrons. The number of rotatable bonds is 7. The minimum atomic E-state index is -2.83. The summed E-state index contributed by atoms with van der Waals surface area (Å²) in [5.74, 6) is 0.256. The molecular weight excluding hydrogens is 246 g/mol. The van der Waals surface area contributed by atoms with E-state index in [1.54, 1.807) is 0 Å². The first-order valence-electron chi connectivity index (χ1n) is 6.25. The maximum absolute atomic E-state index is 11.0. The first-order chi connectivity index (χ1) is 8.31. The second-order valence-electron chi connectivity index (χ2n) is 5.41. The number of hydrogen-bond acceptors (Lipinski definition) is 3. The van der Waals surface area contributed by atoms with E-state index < -0.39 is 9.84 Å². The van der Waals surface area contributed by atoms with Crippen LogP contribution in [0, 0.1) is 0 Å². The van der Waals surface area contributed by atoms with Gasteiger partial charge in [-0.3, -0.25) is 0 Å². The van der Waals surface area contributed by atoms with Crippen molar-refractivity contribution in [2.24, 2.45) is 0 Å². The summed E-state index contributed by atoms with van der Waals surface area (Å²) in [5.41, 5.74) is 1.35. The average Bonchev–Trinajstić information content (AvgIpc) is 2.28. The van der Waals surface area contributed by atoms with Gasteiger partial charge in [0.25, 0.3) is 0 Å². The standard InChI is InChI=1S/C14H23NO2S/c1-14(2,13-8-5-4-6-9-13)12-15-10-7-11-18(3,16)17/h4-6,8-9,15H,7,10-12H2,1-3H3. The van der Waals surface area contributed by atoms with Crippen LogP contribution in [0.1, 0.15) is 25.8 Å². The van der Waals surface area contributed by atoms with Gasteiger partial charge in [-0.25, -0.2) is 8.42 Å². The smallest absolute Gasteiger partial charge is 0.147 e. The Kier molecular flexibility index (Phi) is 5.35. The van der Waals surface area contributed by atoms with E-state index in [1.807, 2.05) is 18.2 Å². The Morgan fingerprint density at radius 2 is 1.78 bits per heavy atom. The Morgan fingerprint density at radius 3 is 2.33 bits per heavy atom. The van der Waals surface area contributed by atoms with Gasteiger partial charge in [0.1, 0.15) is 9.84 Å². The summed E-state index contributed by atoms with van der Waals surface area (Å²) in [6.45, 7) is 5.96. The molecule has 0 amide bonds. The predicted octanol–water partition coefficient (Wildman–Crippen LogP) is 1.99. The Bertz CT molecular complexity index is 452. The summed E-state index contributed by atoms with van der Waals surface area (Å²) in [4.78, 5) is 0. The fourth-order valence-electron chi connectivity index (χ4n) is 1.85. The van der Waals surface area contributed by atoms with E-state index >= 15 is 0 Å². The molecular formula is C14H23NO2S. The molecule has 1 N–H and O–H groups in total. The molecule has 0 spiro atoms. The molecule has 0 unspecified atom stereocenters. The number of benzene rings is 1. The van der Waals surface area contributed by atoms with Crippen LogP contribution in [0.25, 0.3) is 0 Å². The first kappa shape index (κ1) is 15.2. The van der Waals surface area contributed by atoms with E-state index in [-0.39, 0.29) is 11.2 Å². The highest BCUT2D eigenvalue weighted by Crippen LogP contribution is 2.21. The van der Waals surface area contributed by atoms with E-state index in [4.69, 9.17) is 0 Å². The monoisotopic (exact) mass is 269 g/mol. The van der Waals surface area contributed by atoms with Gasteiger partial charge in [-0.1, -0.05) is 44.2 Å². The van der Waals surface area contributed by atoms with Crippen LogP contribution >= 0.6 is 0 Å². The molecule has 0 atom stereocenters. The molecule has 1 rings (SSSR count). The topological polar surface area (TPSA) is 46.2 Å². The van der Waals surface area contributed by atoms with Crippen LogP contribution in [0.5, 0.6) is 0 Å². The molecule has 0 aliphatic rings. The molecule has 0 aromatic heterocycles. The third-order valence-corrected chi connectivity index (χ3v) is 4.02. The van der Waals surface area contributed by atoms with E-state index in [1.165, 1.54) is 11.8 Å². The largest absolute Gasteiger partial charge is 0.316 e. The normalized spacial score (nSPS) is 12.6. The van der Waals surface area contributed by atoms with Crippen LogP contribution in [-0.4, -0.2) is 33.5 Å². The number of nitrogens with one attached hydrogen (secondary N) is 1. The van der Waals surface area contributed by atoms with Crippen molar-refractivity contribution < 1.29 is 8.42 Å². The van der Waals surface area contributed by atoms with Gasteiger partial charge < -0.3 is 5.32 Å². The lowest BCUT2D eigenvalue weighted by atomic mass is 9.84. The summed E-state index contributed by atoms with van der Waals surface area (Å²) in [7, 11) is -2.83. The highest BCUT2D eigenvalue weighted by molar-refractivity contribution is 7.90. The van der Waals surface area contributed by atoms with Crippen molar-refractivity contribution in [1.82, 2.24) is 5.32 Å². The third-order valence-electron chi connectivity index (χ3n) is 2.99. The van der Waals surface area contributed by atoms with Gasteiger partial charge in [0.15, 0.2) is 0 Å². The lowest BCUT2D eigenvalue weighted by Crippen LogP contribution is -2.33. The van der Waals surface area contributed by atoms with Crippen molar-refractivity contribution in [1.29, 1.82) is 0 Å². The molecule has 3 nitrogen and oxygen atoms in total. The zero-order valence-electron chi connectivity index (χ0n) is 11.4. The third kappa shape index (κ3) is 5.65. The SMILES string of the molecule is CC(C)(CNCCCS(C)(=O)=O)c1ccccc1. The molecule has 0 aliphatic heterocycles. The van der Waals surface area contributed by atoms with E-state index in [9.17, 15) is 8.42 Å². The molecule has 0 aliphatic carbocycles. The summed E-state index contributed by atoms with van der Waals surface area (Å²) >= 11 is 0. The molecule has 18 heavy (non-hydrogen) atoms. The van der Waals surface area contributed by atoms with Crippen molar-refractivity contribution in [3.63, 3.8) is 0 Å². The minimum absolute atomic E-state index is 0.0619. The van der Waals surface area contributed by atoms with Crippen LogP contribution in [0.15, 0.2) is 30.3 Å². The molecule has 4 heteroatoms. The average molecular weight is 269 g/mol. The van der Waals surface area contributed by atoms with Gasteiger partial charge in [-0.2, -0.15) is 0 Å². The molecule has 1 aromatic rings. The molecule has 0 radical (unpaired) electrons. The van der Waals surface area contributed by atoms with Crippen LogP contribution in [0.4, 0.5) is 0 Å². The molecule has 0 saturated heterocycles. The van der Waals surface area contributed by atoms with Crippen molar-refractivity contribution in [2.45, 2.75) is 25.7 Å². The summed E-state index contributed by atoms with van der Waals surface area (Å²) < 4.78 is 22.0. The van der Waals surface area contributed by atoms with Crippen LogP contribution in [-0.2, 0) is 15.3 Å². The van der Waals surface area contributed by atoms with Gasteiger partial charge in [-0.15, -0.1) is 0 Å². The van der Waals surface area contributed by atoms with Gasteiger partial charge in [-0.05, 0) is 18.5 Å². The minimum Gasteiger partial charge on any atom is -0.316 e. The highest BCUT2D eigenvalue weighted by atomic mass is 32.2. The predicted molar refractivity (Wildman–Crippen MR) is 76.7 cm³/mol. The van der Waals surface area contributed by atoms with Gasteiger partial charge in [0.05, 0.1) is 5.75 Å². The van der Waals surface area contributed by atoms with E-state index in [2.05, 4.69) is 31.3 Å². The van der Waals surface area contributed by atoms with Crippen molar-refractivity contribution in [3.05, 3.63) is 35.9 Å². The molecule has 0 fully saturated rings. The Morgan fingerprint density at radius 1 is 1.17 bits per heavy atom. The number of sulfone groups is 1. The van der Waals surface area contributed by atoms with Crippen molar-refractivity contribution >= 4 is 9.84 Å². The summed E-state index contributed by atoms with van der Waals surface area (Å²) in [6.07, 6.45) is 1.95. The zero-order valence-corrected chi connectivity index (χ0v) is 12.3.